The summed E-state index contributed by atoms with van der Waals surface area (Å²) in [7, 11) is -0.352. The number of aliphatic hydroxyl groups excluding tert-OH is 1. The van der Waals surface area contributed by atoms with Crippen molar-refractivity contribution >= 4 is 24.2 Å². The zero-order chi connectivity index (χ0) is 14.8. The molecule has 1 aromatic rings. The molecule has 0 saturated carbocycles. The van der Waals surface area contributed by atoms with E-state index < -0.39 is 8.32 Å². The van der Waals surface area contributed by atoms with E-state index >= 15 is 0 Å². The van der Waals surface area contributed by atoms with Gasteiger partial charge in [-0.15, -0.1) is 0 Å². The summed E-state index contributed by atoms with van der Waals surface area (Å²) >= 11 is 3.41. The molecule has 0 amide bonds. The summed E-state index contributed by atoms with van der Waals surface area (Å²) in [4.78, 5) is 0. The van der Waals surface area contributed by atoms with Crippen LogP contribution in [0.25, 0.3) is 0 Å². The van der Waals surface area contributed by atoms with Crippen molar-refractivity contribution < 1.29 is 14.3 Å². The number of hydrogen-bond donors (Lipinski definition) is 1. The second-order valence-corrected chi connectivity index (χ2v) is 11.8. The third kappa shape index (κ3) is 3.74. The SMILES string of the molecule is COc1cc(Br)cc(CO)c1O[Si](C)(C)C(C)(C)C. The standard InChI is InChI=1S/C14H23BrO3Si/c1-14(2,3)19(5,6)18-13-10(9-16)7-11(15)8-12(13)17-4/h7-8,16H,9H2,1-6H3. The van der Waals surface area contributed by atoms with Crippen LogP contribution in [0.1, 0.15) is 26.3 Å². The molecule has 19 heavy (non-hydrogen) atoms. The molecule has 3 nitrogen and oxygen atoms in total. The summed E-state index contributed by atoms with van der Waals surface area (Å²) in [6.45, 7) is 10.8. The maximum absolute atomic E-state index is 9.52. The fourth-order valence-corrected chi connectivity index (χ4v) is 2.95. The van der Waals surface area contributed by atoms with E-state index in [-0.39, 0.29) is 11.6 Å². The first-order valence-corrected chi connectivity index (χ1v) is 9.99. The van der Waals surface area contributed by atoms with Crippen LogP contribution < -0.4 is 9.16 Å². The van der Waals surface area contributed by atoms with Gasteiger partial charge >= 0.3 is 0 Å². The highest BCUT2D eigenvalue weighted by Crippen LogP contribution is 2.42. The molecule has 0 radical (unpaired) electrons. The molecule has 0 bridgehead atoms. The van der Waals surface area contributed by atoms with Crippen LogP contribution in [0.3, 0.4) is 0 Å². The average molecular weight is 347 g/mol. The molecule has 5 heteroatoms. The third-order valence-corrected chi connectivity index (χ3v) is 8.43. The number of halogens is 1. The Bertz CT molecular complexity index is 427. The van der Waals surface area contributed by atoms with Crippen LogP contribution in [0.4, 0.5) is 0 Å². The monoisotopic (exact) mass is 346 g/mol. The smallest absolute Gasteiger partial charge is 0.250 e. The number of methoxy groups -OCH3 is 1. The quantitative estimate of drug-likeness (QED) is 0.824. The van der Waals surface area contributed by atoms with Crippen molar-refractivity contribution in [1.29, 1.82) is 0 Å². The van der Waals surface area contributed by atoms with Gasteiger partial charge in [-0.3, -0.25) is 0 Å². The zero-order valence-corrected chi connectivity index (χ0v) is 15.1. The number of benzene rings is 1. The highest BCUT2D eigenvalue weighted by Gasteiger charge is 2.40. The Morgan fingerprint density at radius 3 is 2.26 bits per heavy atom. The minimum absolute atomic E-state index is 0.0697. The zero-order valence-electron chi connectivity index (χ0n) is 12.5. The van der Waals surface area contributed by atoms with Gasteiger partial charge in [-0.25, -0.2) is 0 Å². The first-order chi connectivity index (χ1) is 8.62. The van der Waals surface area contributed by atoms with E-state index in [1.54, 1.807) is 7.11 Å². The van der Waals surface area contributed by atoms with Crippen molar-refractivity contribution in [3.63, 3.8) is 0 Å². The fraction of sp³-hybridized carbons (Fsp3) is 0.571. The van der Waals surface area contributed by atoms with Gasteiger partial charge in [0.15, 0.2) is 11.5 Å². The van der Waals surface area contributed by atoms with Crippen LogP contribution in [-0.4, -0.2) is 20.5 Å². The lowest BCUT2D eigenvalue weighted by Gasteiger charge is -2.37. The molecule has 1 N–H and O–H groups in total. The molecule has 108 valence electrons. The molecule has 0 aliphatic heterocycles. The normalized spacial score (nSPS) is 12.4. The molecule has 0 heterocycles. The molecule has 0 aliphatic rings. The van der Waals surface area contributed by atoms with Crippen LogP contribution in [0.2, 0.25) is 18.1 Å². The Balaban J connectivity index is 3.27. The van der Waals surface area contributed by atoms with Crippen LogP contribution in [0.15, 0.2) is 16.6 Å². The van der Waals surface area contributed by atoms with Gasteiger partial charge in [-0.2, -0.15) is 0 Å². The Morgan fingerprint density at radius 1 is 1.26 bits per heavy atom. The maximum atomic E-state index is 9.52. The third-order valence-electron chi connectivity index (χ3n) is 3.65. The molecular formula is C14H23BrO3Si. The summed E-state index contributed by atoms with van der Waals surface area (Å²) in [6.07, 6.45) is 0. The summed E-state index contributed by atoms with van der Waals surface area (Å²) in [5.41, 5.74) is 0.746. The van der Waals surface area contributed by atoms with Gasteiger partial charge in [0.25, 0.3) is 8.32 Å². The predicted molar refractivity (Wildman–Crippen MR) is 84.4 cm³/mol. The van der Waals surface area contributed by atoms with Crippen molar-refractivity contribution in [2.24, 2.45) is 0 Å². The van der Waals surface area contributed by atoms with Crippen molar-refractivity contribution in [2.45, 2.75) is 45.5 Å². The first kappa shape index (κ1) is 16.5. The highest BCUT2D eigenvalue weighted by molar-refractivity contribution is 9.10. The van der Waals surface area contributed by atoms with Gasteiger partial charge in [-0.05, 0) is 30.3 Å². The van der Waals surface area contributed by atoms with E-state index in [2.05, 4.69) is 49.8 Å². The van der Waals surface area contributed by atoms with E-state index in [1.807, 2.05) is 12.1 Å². The molecule has 1 aromatic carbocycles. The van der Waals surface area contributed by atoms with Crippen molar-refractivity contribution in [2.75, 3.05) is 7.11 Å². The molecule has 0 spiro atoms. The summed E-state index contributed by atoms with van der Waals surface area (Å²) in [6, 6.07) is 3.73. The molecule has 1 rings (SSSR count). The van der Waals surface area contributed by atoms with Gasteiger partial charge in [0.1, 0.15) is 0 Å². The van der Waals surface area contributed by atoms with E-state index in [4.69, 9.17) is 9.16 Å². The lowest BCUT2D eigenvalue weighted by atomic mass is 10.2. The van der Waals surface area contributed by atoms with Gasteiger partial charge in [0.2, 0.25) is 0 Å². The van der Waals surface area contributed by atoms with Gasteiger partial charge in [-0.1, -0.05) is 36.7 Å². The fourth-order valence-electron chi connectivity index (χ4n) is 1.42. The lowest BCUT2D eigenvalue weighted by molar-refractivity contribution is 0.275. The van der Waals surface area contributed by atoms with Gasteiger partial charge in [0.05, 0.1) is 13.7 Å². The second-order valence-electron chi connectivity index (χ2n) is 6.12. The van der Waals surface area contributed by atoms with Crippen LogP contribution in [0, 0.1) is 0 Å². The largest absolute Gasteiger partial charge is 0.541 e. The molecular weight excluding hydrogens is 324 g/mol. The van der Waals surface area contributed by atoms with Gasteiger partial charge < -0.3 is 14.3 Å². The van der Waals surface area contributed by atoms with E-state index in [9.17, 15) is 5.11 Å². The minimum Gasteiger partial charge on any atom is -0.541 e. The number of aliphatic hydroxyl groups is 1. The predicted octanol–water partition coefficient (Wildman–Crippen LogP) is 4.33. The summed E-state index contributed by atoms with van der Waals surface area (Å²) < 4.78 is 12.6. The molecule has 0 aromatic heterocycles. The van der Waals surface area contributed by atoms with Crippen molar-refractivity contribution in [3.05, 3.63) is 22.2 Å². The lowest BCUT2D eigenvalue weighted by Crippen LogP contribution is -2.44. The Labute approximate surface area is 125 Å². The minimum atomic E-state index is -1.96. The van der Waals surface area contributed by atoms with Crippen LogP contribution in [-0.2, 0) is 6.61 Å². The molecule has 0 saturated heterocycles. The maximum Gasteiger partial charge on any atom is 0.250 e. The van der Waals surface area contributed by atoms with E-state index in [0.717, 1.165) is 10.0 Å². The van der Waals surface area contributed by atoms with E-state index in [0.29, 0.717) is 11.5 Å². The molecule has 0 fully saturated rings. The second kappa shape index (κ2) is 5.85. The van der Waals surface area contributed by atoms with Crippen LogP contribution >= 0.6 is 15.9 Å². The Hall–Kier alpha value is -0.523. The highest BCUT2D eigenvalue weighted by atomic mass is 79.9. The van der Waals surface area contributed by atoms with Gasteiger partial charge in [0, 0.05) is 10.0 Å². The molecule has 0 unspecified atom stereocenters. The number of hydrogen-bond acceptors (Lipinski definition) is 3. The Kier molecular flexibility index (Phi) is 5.09. The first-order valence-electron chi connectivity index (χ1n) is 6.28. The molecule has 0 atom stereocenters. The Morgan fingerprint density at radius 2 is 1.84 bits per heavy atom. The average Bonchev–Trinajstić information content (AvgIpc) is 2.28. The number of ether oxygens (including phenoxy) is 1. The van der Waals surface area contributed by atoms with E-state index in [1.165, 1.54) is 0 Å². The van der Waals surface area contributed by atoms with Crippen molar-refractivity contribution in [3.8, 4) is 11.5 Å². The van der Waals surface area contributed by atoms with Crippen LogP contribution in [0.5, 0.6) is 11.5 Å². The number of rotatable bonds is 4. The summed E-state index contributed by atoms with van der Waals surface area (Å²) in [5.74, 6) is 1.32. The topological polar surface area (TPSA) is 38.7 Å². The summed E-state index contributed by atoms with van der Waals surface area (Å²) in [5, 5.41) is 9.62. The molecule has 0 aliphatic carbocycles. The van der Waals surface area contributed by atoms with Crippen molar-refractivity contribution in [1.82, 2.24) is 0 Å².